The number of guanidine groups is 1. The predicted molar refractivity (Wildman–Crippen MR) is 240 cm³/mol. The van der Waals surface area contributed by atoms with E-state index >= 15 is 0 Å². The predicted octanol–water partition coefficient (Wildman–Crippen LogP) is 12.1. The van der Waals surface area contributed by atoms with Crippen molar-refractivity contribution in [1.29, 1.82) is 0 Å². The number of ether oxygens (including phenoxy) is 2. The molecule has 0 amide bonds. The van der Waals surface area contributed by atoms with E-state index in [4.69, 9.17) is 15.3 Å². The monoisotopic (exact) mass is 794 g/mol. The third-order valence-corrected chi connectivity index (χ3v) is 11.0. The van der Waals surface area contributed by atoms with Gasteiger partial charge in [0.25, 0.3) is 0 Å². The Bertz CT molecular complexity index is 887. The van der Waals surface area contributed by atoms with Gasteiger partial charge in [-0.2, -0.15) is 0 Å². The first kappa shape index (κ1) is 54.1. The van der Waals surface area contributed by atoms with Gasteiger partial charge in [-0.15, -0.1) is 0 Å². The summed E-state index contributed by atoms with van der Waals surface area (Å²) in [4.78, 5) is 34.0. The van der Waals surface area contributed by atoms with Crippen LogP contribution in [0.1, 0.15) is 233 Å². The third kappa shape index (κ3) is 37.7. The molecule has 0 aliphatic rings. The van der Waals surface area contributed by atoms with Crippen molar-refractivity contribution in [3.05, 3.63) is 0 Å². The quantitative estimate of drug-likeness (QED) is 0.0157. The molecule has 0 aromatic carbocycles. The normalized spacial score (nSPS) is 12.3. The van der Waals surface area contributed by atoms with Crippen LogP contribution in [-0.4, -0.2) is 80.7 Å². The Hall–Kier alpha value is -1.87. The summed E-state index contributed by atoms with van der Waals surface area (Å²) in [5, 5.41) is 0. The van der Waals surface area contributed by atoms with Crippen LogP contribution in [0.3, 0.4) is 0 Å². The van der Waals surface area contributed by atoms with Gasteiger partial charge in [-0.25, -0.2) is 5.84 Å². The highest BCUT2D eigenvalue weighted by Crippen LogP contribution is 2.18. The number of hydrogen-bond acceptors (Lipinski definition) is 7. The number of hydrazine groups is 1. The number of carbonyl (C=O) groups excluding carboxylic acids is 2. The molecule has 0 radical (unpaired) electrons. The minimum absolute atomic E-state index is 0.0179. The molecule has 1 unspecified atom stereocenters. The maximum Gasteiger partial charge on any atom is 0.306 e. The van der Waals surface area contributed by atoms with Crippen molar-refractivity contribution in [2.45, 2.75) is 239 Å². The van der Waals surface area contributed by atoms with Crippen LogP contribution in [0.4, 0.5) is 0 Å². The SMILES string of the molecule is CCCCCCCCCOC(=O)CCCCCCCN(CCCCCCCC(=O)OC(CCCCCCC)CCCCCCCC)CCCN=C(NN)N(C)C. The van der Waals surface area contributed by atoms with Crippen LogP contribution >= 0.6 is 0 Å². The summed E-state index contributed by atoms with van der Waals surface area (Å²) in [6.45, 7) is 11.3. The number of carbonyl (C=O) groups is 2. The Kier molecular flexibility index (Phi) is 41.3. The Balaban J connectivity index is 4.42. The minimum Gasteiger partial charge on any atom is -0.466 e. The summed E-state index contributed by atoms with van der Waals surface area (Å²) < 4.78 is 11.5. The number of rotatable bonds is 42. The van der Waals surface area contributed by atoms with Gasteiger partial charge in [-0.3, -0.25) is 20.0 Å². The zero-order valence-corrected chi connectivity index (χ0v) is 38.0. The van der Waals surface area contributed by atoms with Gasteiger partial charge < -0.3 is 19.3 Å². The fourth-order valence-electron chi connectivity index (χ4n) is 7.35. The van der Waals surface area contributed by atoms with Crippen LogP contribution in [0.5, 0.6) is 0 Å². The molecular formula is C47H95N5O4. The highest BCUT2D eigenvalue weighted by Gasteiger charge is 2.14. The van der Waals surface area contributed by atoms with Crippen LogP contribution in [0.15, 0.2) is 4.99 Å². The van der Waals surface area contributed by atoms with Crippen molar-refractivity contribution < 1.29 is 19.1 Å². The van der Waals surface area contributed by atoms with E-state index in [0.717, 1.165) is 77.5 Å². The highest BCUT2D eigenvalue weighted by molar-refractivity contribution is 5.78. The maximum absolute atomic E-state index is 12.8. The molecule has 0 spiro atoms. The number of hydrogen-bond donors (Lipinski definition) is 2. The highest BCUT2D eigenvalue weighted by atomic mass is 16.5. The average Bonchev–Trinajstić information content (AvgIpc) is 3.18. The fraction of sp³-hybridized carbons (Fsp3) is 0.936. The second-order valence-electron chi connectivity index (χ2n) is 16.7. The number of aliphatic imine (C=N–C) groups is 1. The van der Waals surface area contributed by atoms with Crippen LogP contribution in [-0.2, 0) is 19.1 Å². The molecule has 0 heterocycles. The van der Waals surface area contributed by atoms with Crippen molar-refractivity contribution in [2.75, 3.05) is 46.9 Å². The van der Waals surface area contributed by atoms with Gasteiger partial charge in [0.1, 0.15) is 6.10 Å². The lowest BCUT2D eigenvalue weighted by atomic mass is 10.0. The number of nitrogens with one attached hydrogen (secondary N) is 1. The van der Waals surface area contributed by atoms with E-state index in [-0.39, 0.29) is 18.0 Å². The maximum atomic E-state index is 12.8. The smallest absolute Gasteiger partial charge is 0.306 e. The molecule has 56 heavy (non-hydrogen) atoms. The molecule has 332 valence electrons. The molecule has 0 saturated heterocycles. The number of esters is 2. The van der Waals surface area contributed by atoms with Gasteiger partial charge in [0.15, 0.2) is 0 Å². The second-order valence-corrected chi connectivity index (χ2v) is 16.7. The number of nitrogens with two attached hydrogens (primary N) is 1. The van der Waals surface area contributed by atoms with Crippen LogP contribution in [0, 0.1) is 0 Å². The molecule has 1 atom stereocenters. The van der Waals surface area contributed by atoms with E-state index in [9.17, 15) is 9.59 Å². The summed E-state index contributed by atoms with van der Waals surface area (Å²) >= 11 is 0. The first-order valence-electron chi connectivity index (χ1n) is 24.1. The van der Waals surface area contributed by atoms with Crippen molar-refractivity contribution >= 4 is 17.9 Å². The second kappa shape index (κ2) is 42.7. The van der Waals surface area contributed by atoms with Crippen LogP contribution in [0.25, 0.3) is 0 Å². The van der Waals surface area contributed by atoms with E-state index < -0.39 is 0 Å². The van der Waals surface area contributed by atoms with E-state index in [2.05, 4.69) is 36.1 Å². The molecule has 0 aromatic rings. The standard InChI is InChI=1S/C47H95N5O4/c1-6-9-12-15-17-26-33-43-55-45(53)37-29-22-18-24-31-40-52(42-34-39-49-47(50-48)51(4)5)41-32-25-19-23-30-38-46(54)56-44(35-27-20-14-11-8-3)36-28-21-16-13-10-7-2/h44H,6-43,48H2,1-5H3,(H,49,50). The Labute approximate surface area is 347 Å². The molecule has 0 aromatic heterocycles. The van der Waals surface area contributed by atoms with E-state index in [1.54, 1.807) is 0 Å². The zero-order chi connectivity index (χ0) is 41.2. The first-order chi connectivity index (χ1) is 27.4. The molecule has 0 aliphatic carbocycles. The van der Waals surface area contributed by atoms with E-state index in [1.807, 2.05) is 19.0 Å². The first-order valence-corrected chi connectivity index (χ1v) is 24.1. The third-order valence-electron chi connectivity index (χ3n) is 11.0. The molecule has 0 rings (SSSR count). The molecular weight excluding hydrogens is 699 g/mol. The van der Waals surface area contributed by atoms with E-state index in [0.29, 0.717) is 25.4 Å². The van der Waals surface area contributed by atoms with Gasteiger partial charge in [-0.05, 0) is 83.8 Å². The Morgan fingerprint density at radius 1 is 0.536 bits per heavy atom. The Morgan fingerprint density at radius 3 is 1.43 bits per heavy atom. The topological polar surface area (TPSA) is 109 Å². The fourth-order valence-corrected chi connectivity index (χ4v) is 7.35. The molecule has 9 heteroatoms. The van der Waals surface area contributed by atoms with Gasteiger partial charge >= 0.3 is 11.9 Å². The Morgan fingerprint density at radius 2 is 0.946 bits per heavy atom. The summed E-state index contributed by atoms with van der Waals surface area (Å²) in [6.07, 6.45) is 38.1. The lowest BCUT2D eigenvalue weighted by Gasteiger charge is -2.22. The summed E-state index contributed by atoms with van der Waals surface area (Å²) in [7, 11) is 3.89. The van der Waals surface area contributed by atoms with Crippen LogP contribution in [0.2, 0.25) is 0 Å². The molecule has 3 N–H and O–H groups in total. The van der Waals surface area contributed by atoms with E-state index in [1.165, 1.54) is 148 Å². The minimum atomic E-state index is -0.0250. The molecule has 0 fully saturated rings. The van der Waals surface area contributed by atoms with Gasteiger partial charge in [0.2, 0.25) is 5.96 Å². The zero-order valence-electron chi connectivity index (χ0n) is 38.0. The van der Waals surface area contributed by atoms with Crippen molar-refractivity contribution in [1.82, 2.24) is 15.2 Å². The van der Waals surface area contributed by atoms with Crippen LogP contribution < -0.4 is 11.3 Å². The number of unbranched alkanes of at least 4 members (excludes halogenated alkanes) is 23. The van der Waals surface area contributed by atoms with Gasteiger partial charge in [0, 0.05) is 33.5 Å². The van der Waals surface area contributed by atoms with Crippen molar-refractivity contribution in [3.8, 4) is 0 Å². The van der Waals surface area contributed by atoms with Crippen molar-refractivity contribution in [2.24, 2.45) is 10.8 Å². The summed E-state index contributed by atoms with van der Waals surface area (Å²) in [5.74, 6) is 6.33. The lowest BCUT2D eigenvalue weighted by molar-refractivity contribution is -0.150. The van der Waals surface area contributed by atoms with Gasteiger partial charge in [-0.1, -0.05) is 156 Å². The molecule has 0 bridgehead atoms. The summed E-state index contributed by atoms with van der Waals surface area (Å²) in [6, 6.07) is 0. The molecule has 0 saturated carbocycles. The van der Waals surface area contributed by atoms with Crippen molar-refractivity contribution in [3.63, 3.8) is 0 Å². The van der Waals surface area contributed by atoms with Gasteiger partial charge in [0.05, 0.1) is 6.61 Å². The number of nitrogens with zero attached hydrogens (tertiary/aromatic N) is 3. The lowest BCUT2D eigenvalue weighted by Crippen LogP contribution is -2.40. The summed E-state index contributed by atoms with van der Waals surface area (Å²) in [5.41, 5.74) is 2.69. The largest absolute Gasteiger partial charge is 0.466 e. The molecule has 0 aliphatic heterocycles. The molecule has 9 nitrogen and oxygen atoms in total. The average molecular weight is 794 g/mol.